The van der Waals surface area contributed by atoms with Crippen LogP contribution >= 0.6 is 31.9 Å². The van der Waals surface area contributed by atoms with E-state index < -0.39 is 0 Å². The fourth-order valence-electron chi connectivity index (χ4n) is 2.11. The molecule has 1 aromatic heterocycles. The quantitative estimate of drug-likeness (QED) is 0.545. The maximum atomic E-state index is 12.4. The Morgan fingerprint density at radius 3 is 2.71 bits per heavy atom. The normalized spacial score (nSPS) is 10.8. The zero-order valence-electron chi connectivity index (χ0n) is 10.8. The lowest BCUT2D eigenvalue weighted by Gasteiger charge is -2.07. The molecule has 1 heterocycles. The Hall–Kier alpha value is -1.79. The van der Waals surface area contributed by atoms with Crippen LogP contribution in [0.2, 0.25) is 0 Å². The van der Waals surface area contributed by atoms with Crippen LogP contribution in [0.4, 0.5) is 11.4 Å². The van der Waals surface area contributed by atoms with Gasteiger partial charge in [0, 0.05) is 31.7 Å². The summed E-state index contributed by atoms with van der Waals surface area (Å²) in [7, 11) is 0. The number of hydrogen-bond donors (Lipinski definition) is 3. The van der Waals surface area contributed by atoms with Crippen molar-refractivity contribution < 1.29 is 4.79 Å². The van der Waals surface area contributed by atoms with Gasteiger partial charge in [0.25, 0.3) is 5.91 Å². The van der Waals surface area contributed by atoms with Crippen LogP contribution in [0.15, 0.2) is 51.5 Å². The zero-order valence-corrected chi connectivity index (χ0v) is 14.0. The molecule has 0 radical (unpaired) electrons. The van der Waals surface area contributed by atoms with Crippen LogP contribution < -0.4 is 11.1 Å². The van der Waals surface area contributed by atoms with Gasteiger partial charge < -0.3 is 16.0 Å². The van der Waals surface area contributed by atoms with E-state index in [9.17, 15) is 4.79 Å². The van der Waals surface area contributed by atoms with E-state index in [1.165, 1.54) is 0 Å². The van der Waals surface area contributed by atoms with Crippen LogP contribution in [-0.2, 0) is 0 Å². The van der Waals surface area contributed by atoms with E-state index in [0.29, 0.717) is 16.9 Å². The molecule has 0 atom stereocenters. The minimum absolute atomic E-state index is 0.172. The highest BCUT2D eigenvalue weighted by atomic mass is 79.9. The second-order valence-electron chi connectivity index (χ2n) is 4.59. The number of nitrogens with two attached hydrogens (primary N) is 1. The molecule has 0 fully saturated rings. The van der Waals surface area contributed by atoms with Crippen LogP contribution in [0.25, 0.3) is 10.9 Å². The van der Waals surface area contributed by atoms with Crippen LogP contribution in [-0.4, -0.2) is 10.9 Å². The monoisotopic (exact) mass is 407 g/mol. The Bertz CT molecular complexity index is 842. The van der Waals surface area contributed by atoms with Gasteiger partial charge in [-0.15, -0.1) is 0 Å². The molecule has 0 aliphatic heterocycles. The molecule has 1 amide bonds. The van der Waals surface area contributed by atoms with Crippen LogP contribution in [0.1, 0.15) is 10.4 Å². The van der Waals surface area contributed by atoms with Gasteiger partial charge in [-0.2, -0.15) is 0 Å². The van der Waals surface area contributed by atoms with Crippen molar-refractivity contribution in [2.24, 2.45) is 0 Å². The predicted molar refractivity (Wildman–Crippen MR) is 92.5 cm³/mol. The summed E-state index contributed by atoms with van der Waals surface area (Å²) < 4.78 is 1.75. The minimum Gasteiger partial charge on any atom is -0.399 e. The molecule has 106 valence electrons. The van der Waals surface area contributed by atoms with Gasteiger partial charge in [0.15, 0.2) is 0 Å². The molecule has 0 aliphatic rings. The van der Waals surface area contributed by atoms with Crippen molar-refractivity contribution in [2.45, 2.75) is 0 Å². The summed E-state index contributed by atoms with van der Waals surface area (Å²) in [6, 6.07) is 11.0. The molecule has 2 aromatic carbocycles. The lowest BCUT2D eigenvalue weighted by molar-refractivity contribution is 0.102. The van der Waals surface area contributed by atoms with Gasteiger partial charge in [-0.1, -0.05) is 15.9 Å². The molecule has 0 saturated carbocycles. The summed E-state index contributed by atoms with van der Waals surface area (Å²) in [5.74, 6) is -0.172. The maximum absolute atomic E-state index is 12.4. The summed E-state index contributed by atoms with van der Waals surface area (Å²) in [6.45, 7) is 0. The third-order valence-corrected chi connectivity index (χ3v) is 4.28. The smallest absolute Gasteiger partial charge is 0.257 e. The Balaban J connectivity index is 1.94. The van der Waals surface area contributed by atoms with Gasteiger partial charge in [0.2, 0.25) is 0 Å². The standard InChI is InChI=1S/C15H11Br2N3O/c16-8-1-4-13(12(17)5-8)20-15(21)11-7-19-14-6-9(18)2-3-10(11)14/h1-7,19H,18H2,(H,20,21). The number of nitrogens with one attached hydrogen (secondary N) is 2. The number of aromatic nitrogens is 1. The maximum Gasteiger partial charge on any atom is 0.257 e. The van der Waals surface area contributed by atoms with Crippen molar-refractivity contribution in [1.29, 1.82) is 0 Å². The SMILES string of the molecule is Nc1ccc2c(C(=O)Nc3ccc(Br)cc3Br)c[nH]c2c1. The summed E-state index contributed by atoms with van der Waals surface area (Å²) in [4.78, 5) is 15.5. The second-order valence-corrected chi connectivity index (χ2v) is 6.36. The number of halogens is 2. The lowest BCUT2D eigenvalue weighted by atomic mass is 10.1. The van der Waals surface area contributed by atoms with Crippen molar-refractivity contribution in [3.63, 3.8) is 0 Å². The second kappa shape index (κ2) is 5.54. The Morgan fingerprint density at radius 1 is 1.14 bits per heavy atom. The van der Waals surface area contributed by atoms with Gasteiger partial charge in [-0.3, -0.25) is 4.79 Å². The van der Waals surface area contributed by atoms with E-state index in [1.54, 1.807) is 12.3 Å². The summed E-state index contributed by atoms with van der Waals surface area (Å²) in [5.41, 5.74) is 8.54. The topological polar surface area (TPSA) is 70.9 Å². The number of benzene rings is 2. The Labute approximate surface area is 138 Å². The minimum atomic E-state index is -0.172. The molecular formula is C15H11Br2N3O. The van der Waals surface area contributed by atoms with E-state index in [0.717, 1.165) is 19.8 Å². The summed E-state index contributed by atoms with van der Waals surface area (Å²) in [5, 5.41) is 3.73. The van der Waals surface area contributed by atoms with Crippen LogP contribution in [0.3, 0.4) is 0 Å². The highest BCUT2D eigenvalue weighted by molar-refractivity contribution is 9.11. The number of rotatable bonds is 2. The van der Waals surface area contributed by atoms with Gasteiger partial charge >= 0.3 is 0 Å². The molecule has 3 rings (SSSR count). The van der Waals surface area contributed by atoms with Gasteiger partial charge in [0.1, 0.15) is 0 Å². The number of carbonyl (C=O) groups is 1. The van der Waals surface area contributed by atoms with Crippen molar-refractivity contribution in [2.75, 3.05) is 11.1 Å². The molecule has 0 bridgehead atoms. The summed E-state index contributed by atoms with van der Waals surface area (Å²) in [6.07, 6.45) is 1.69. The summed E-state index contributed by atoms with van der Waals surface area (Å²) >= 11 is 6.81. The van der Waals surface area contributed by atoms with Gasteiger partial charge in [-0.25, -0.2) is 0 Å². The fraction of sp³-hybridized carbons (Fsp3) is 0. The number of hydrogen-bond acceptors (Lipinski definition) is 2. The molecule has 6 heteroatoms. The highest BCUT2D eigenvalue weighted by Gasteiger charge is 2.13. The number of nitrogen functional groups attached to an aromatic ring is 1. The molecule has 21 heavy (non-hydrogen) atoms. The largest absolute Gasteiger partial charge is 0.399 e. The van der Waals surface area contributed by atoms with E-state index >= 15 is 0 Å². The van der Waals surface area contributed by atoms with Crippen molar-refractivity contribution in [1.82, 2.24) is 4.98 Å². The van der Waals surface area contributed by atoms with Crippen LogP contribution in [0.5, 0.6) is 0 Å². The molecule has 4 N–H and O–H groups in total. The molecule has 0 aliphatic carbocycles. The number of fused-ring (bicyclic) bond motifs is 1. The van der Waals surface area contributed by atoms with Gasteiger partial charge in [-0.05, 0) is 52.3 Å². The predicted octanol–water partition coefficient (Wildman–Crippen LogP) is 4.53. The molecular weight excluding hydrogens is 398 g/mol. The van der Waals surface area contributed by atoms with Gasteiger partial charge in [0.05, 0.1) is 11.3 Å². The lowest BCUT2D eigenvalue weighted by Crippen LogP contribution is -2.11. The number of carbonyl (C=O) groups excluding carboxylic acids is 1. The third-order valence-electron chi connectivity index (χ3n) is 3.13. The van der Waals surface area contributed by atoms with E-state index in [4.69, 9.17) is 5.73 Å². The first-order valence-corrected chi connectivity index (χ1v) is 7.76. The first-order valence-electron chi connectivity index (χ1n) is 6.17. The van der Waals surface area contributed by atoms with E-state index in [2.05, 4.69) is 42.2 Å². The molecule has 0 saturated heterocycles. The Kier molecular flexibility index (Phi) is 3.73. The number of anilines is 2. The van der Waals surface area contributed by atoms with Crippen LogP contribution in [0, 0.1) is 0 Å². The molecule has 3 aromatic rings. The molecule has 0 spiro atoms. The zero-order chi connectivity index (χ0) is 15.0. The number of H-pyrrole nitrogens is 1. The van der Waals surface area contributed by atoms with E-state index in [1.807, 2.05) is 30.3 Å². The average molecular weight is 409 g/mol. The third kappa shape index (κ3) is 2.82. The average Bonchev–Trinajstić information content (AvgIpc) is 2.84. The first kappa shape index (κ1) is 14.2. The van der Waals surface area contributed by atoms with Crippen molar-refractivity contribution in [3.8, 4) is 0 Å². The number of aromatic amines is 1. The Morgan fingerprint density at radius 2 is 1.95 bits per heavy atom. The first-order chi connectivity index (χ1) is 10.0. The van der Waals surface area contributed by atoms with Crippen molar-refractivity contribution in [3.05, 3.63) is 57.1 Å². The highest BCUT2D eigenvalue weighted by Crippen LogP contribution is 2.27. The number of amides is 1. The molecule has 0 unspecified atom stereocenters. The van der Waals surface area contributed by atoms with E-state index in [-0.39, 0.29) is 5.91 Å². The molecule has 4 nitrogen and oxygen atoms in total. The van der Waals surface area contributed by atoms with Crippen molar-refractivity contribution >= 4 is 60.0 Å². The fourth-order valence-corrected chi connectivity index (χ4v) is 3.26.